The second-order valence-electron chi connectivity index (χ2n) is 4.33. The molecule has 4 nitrogen and oxygen atoms in total. The van der Waals surface area contributed by atoms with Crippen LogP contribution in [0.2, 0.25) is 0 Å². The Morgan fingerprint density at radius 3 is 1.62 bits per heavy atom. The van der Waals surface area contributed by atoms with E-state index in [1.807, 2.05) is 0 Å². The van der Waals surface area contributed by atoms with Crippen LogP contribution in [0, 0.1) is 0 Å². The standard InChI is InChI=1S/C12H22O4/c1-3-7-13-11(5-1)15-9-10-16-12-6-2-4-8-14-12/h11-12H,1-10H2. The molecule has 0 radical (unpaired) electrons. The van der Waals surface area contributed by atoms with Crippen LogP contribution in [0.4, 0.5) is 0 Å². The van der Waals surface area contributed by atoms with E-state index in [1.54, 1.807) is 0 Å². The fourth-order valence-corrected chi connectivity index (χ4v) is 2.04. The molecule has 2 atom stereocenters. The van der Waals surface area contributed by atoms with Gasteiger partial charge in [-0.05, 0) is 38.5 Å². The van der Waals surface area contributed by atoms with Crippen molar-refractivity contribution < 1.29 is 18.9 Å². The van der Waals surface area contributed by atoms with E-state index in [2.05, 4.69) is 0 Å². The zero-order chi connectivity index (χ0) is 11.1. The molecular formula is C12H22O4. The fourth-order valence-electron chi connectivity index (χ4n) is 2.04. The Morgan fingerprint density at radius 1 is 0.750 bits per heavy atom. The number of hydrogen-bond donors (Lipinski definition) is 0. The quantitative estimate of drug-likeness (QED) is 0.678. The minimum absolute atomic E-state index is 0.00961. The highest BCUT2D eigenvalue weighted by Crippen LogP contribution is 2.15. The summed E-state index contributed by atoms with van der Waals surface area (Å²) in [5.41, 5.74) is 0. The second-order valence-corrected chi connectivity index (χ2v) is 4.33. The summed E-state index contributed by atoms with van der Waals surface area (Å²) in [5.74, 6) is 0. The molecule has 0 saturated carbocycles. The van der Waals surface area contributed by atoms with Gasteiger partial charge in [0.15, 0.2) is 12.6 Å². The van der Waals surface area contributed by atoms with Crippen LogP contribution >= 0.6 is 0 Å². The molecule has 0 aromatic rings. The Morgan fingerprint density at radius 2 is 1.25 bits per heavy atom. The fraction of sp³-hybridized carbons (Fsp3) is 1.00. The molecule has 2 fully saturated rings. The Balaban J connectivity index is 1.47. The van der Waals surface area contributed by atoms with Crippen molar-refractivity contribution >= 4 is 0 Å². The Hall–Kier alpha value is -0.160. The summed E-state index contributed by atoms with van der Waals surface area (Å²) in [4.78, 5) is 0. The van der Waals surface area contributed by atoms with Crippen molar-refractivity contribution in [2.45, 2.75) is 51.1 Å². The van der Waals surface area contributed by atoms with Gasteiger partial charge in [0.1, 0.15) is 0 Å². The van der Waals surface area contributed by atoms with Gasteiger partial charge in [0.2, 0.25) is 0 Å². The molecule has 2 aliphatic rings. The summed E-state index contributed by atoms with van der Waals surface area (Å²) in [5, 5.41) is 0. The number of ether oxygens (including phenoxy) is 4. The maximum Gasteiger partial charge on any atom is 0.157 e. The van der Waals surface area contributed by atoms with Crippen LogP contribution in [-0.2, 0) is 18.9 Å². The molecule has 0 spiro atoms. The first kappa shape index (κ1) is 12.3. The van der Waals surface area contributed by atoms with Gasteiger partial charge in [-0.2, -0.15) is 0 Å². The van der Waals surface area contributed by atoms with E-state index in [9.17, 15) is 0 Å². The molecule has 2 unspecified atom stereocenters. The molecule has 94 valence electrons. The molecular weight excluding hydrogens is 208 g/mol. The zero-order valence-corrected chi connectivity index (χ0v) is 9.86. The second kappa shape index (κ2) is 7.22. The monoisotopic (exact) mass is 230 g/mol. The Labute approximate surface area is 97.2 Å². The average molecular weight is 230 g/mol. The molecule has 4 heteroatoms. The summed E-state index contributed by atoms with van der Waals surface area (Å²) in [7, 11) is 0. The lowest BCUT2D eigenvalue weighted by Crippen LogP contribution is -2.27. The topological polar surface area (TPSA) is 36.9 Å². The average Bonchev–Trinajstić information content (AvgIpc) is 2.37. The van der Waals surface area contributed by atoms with E-state index < -0.39 is 0 Å². The summed E-state index contributed by atoms with van der Waals surface area (Å²) < 4.78 is 22.1. The van der Waals surface area contributed by atoms with Crippen molar-refractivity contribution in [2.24, 2.45) is 0 Å². The van der Waals surface area contributed by atoms with Crippen LogP contribution in [0.15, 0.2) is 0 Å². The molecule has 2 heterocycles. The highest BCUT2D eigenvalue weighted by Gasteiger charge is 2.16. The number of hydrogen-bond acceptors (Lipinski definition) is 4. The molecule has 2 saturated heterocycles. The maximum atomic E-state index is 5.57. The normalized spacial score (nSPS) is 31.5. The van der Waals surface area contributed by atoms with Gasteiger partial charge < -0.3 is 18.9 Å². The Kier molecular flexibility index (Phi) is 5.55. The first-order chi connectivity index (χ1) is 7.95. The van der Waals surface area contributed by atoms with Gasteiger partial charge in [-0.25, -0.2) is 0 Å². The lowest BCUT2D eigenvalue weighted by atomic mass is 10.2. The molecule has 2 rings (SSSR count). The van der Waals surface area contributed by atoms with Gasteiger partial charge in [-0.15, -0.1) is 0 Å². The highest BCUT2D eigenvalue weighted by molar-refractivity contribution is 4.55. The lowest BCUT2D eigenvalue weighted by Gasteiger charge is -2.25. The molecule has 16 heavy (non-hydrogen) atoms. The predicted molar refractivity (Wildman–Crippen MR) is 59.1 cm³/mol. The van der Waals surface area contributed by atoms with E-state index in [0.717, 1.165) is 38.9 Å². The zero-order valence-electron chi connectivity index (χ0n) is 9.86. The molecule has 2 aliphatic heterocycles. The van der Waals surface area contributed by atoms with Gasteiger partial charge >= 0.3 is 0 Å². The summed E-state index contributed by atoms with van der Waals surface area (Å²) in [6, 6.07) is 0. The first-order valence-electron chi connectivity index (χ1n) is 6.41. The largest absolute Gasteiger partial charge is 0.353 e. The van der Waals surface area contributed by atoms with Gasteiger partial charge in [-0.1, -0.05) is 0 Å². The van der Waals surface area contributed by atoms with Gasteiger partial charge in [0.25, 0.3) is 0 Å². The van der Waals surface area contributed by atoms with Gasteiger partial charge in [-0.3, -0.25) is 0 Å². The third kappa shape index (κ3) is 4.37. The summed E-state index contributed by atoms with van der Waals surface area (Å²) in [6.45, 7) is 2.86. The van der Waals surface area contributed by atoms with E-state index in [0.29, 0.717) is 13.2 Å². The molecule has 0 amide bonds. The highest BCUT2D eigenvalue weighted by atomic mass is 16.7. The van der Waals surface area contributed by atoms with Gasteiger partial charge in [0.05, 0.1) is 13.2 Å². The molecule has 0 bridgehead atoms. The van der Waals surface area contributed by atoms with E-state index in [-0.39, 0.29) is 12.6 Å². The minimum Gasteiger partial charge on any atom is -0.353 e. The SMILES string of the molecule is C1CCC(OCCOC2CCCCO2)OC1. The summed E-state index contributed by atoms with van der Waals surface area (Å²) >= 11 is 0. The third-order valence-electron chi connectivity index (χ3n) is 2.97. The number of rotatable bonds is 5. The lowest BCUT2D eigenvalue weighted by molar-refractivity contribution is -0.198. The van der Waals surface area contributed by atoms with E-state index >= 15 is 0 Å². The predicted octanol–water partition coefficient (Wildman–Crippen LogP) is 2.07. The van der Waals surface area contributed by atoms with Crippen LogP contribution in [0.25, 0.3) is 0 Å². The molecule has 0 N–H and O–H groups in total. The maximum absolute atomic E-state index is 5.57. The van der Waals surface area contributed by atoms with Crippen LogP contribution in [0.5, 0.6) is 0 Å². The van der Waals surface area contributed by atoms with Crippen molar-refractivity contribution in [1.29, 1.82) is 0 Å². The molecule has 0 aliphatic carbocycles. The smallest absolute Gasteiger partial charge is 0.157 e. The molecule has 0 aromatic heterocycles. The minimum atomic E-state index is -0.00961. The van der Waals surface area contributed by atoms with E-state index in [4.69, 9.17) is 18.9 Å². The molecule has 0 aromatic carbocycles. The van der Waals surface area contributed by atoms with Crippen LogP contribution in [-0.4, -0.2) is 39.0 Å². The van der Waals surface area contributed by atoms with Crippen molar-refractivity contribution in [2.75, 3.05) is 26.4 Å². The third-order valence-corrected chi connectivity index (χ3v) is 2.97. The van der Waals surface area contributed by atoms with Crippen LogP contribution in [0.3, 0.4) is 0 Å². The summed E-state index contributed by atoms with van der Waals surface area (Å²) in [6.07, 6.45) is 6.74. The van der Waals surface area contributed by atoms with Crippen LogP contribution in [0.1, 0.15) is 38.5 Å². The first-order valence-corrected chi connectivity index (χ1v) is 6.41. The Bertz CT molecular complexity index is 154. The van der Waals surface area contributed by atoms with Crippen molar-refractivity contribution in [3.63, 3.8) is 0 Å². The van der Waals surface area contributed by atoms with Crippen molar-refractivity contribution in [1.82, 2.24) is 0 Å². The van der Waals surface area contributed by atoms with E-state index in [1.165, 1.54) is 12.8 Å². The van der Waals surface area contributed by atoms with Crippen molar-refractivity contribution in [3.05, 3.63) is 0 Å². The van der Waals surface area contributed by atoms with Crippen molar-refractivity contribution in [3.8, 4) is 0 Å². The van der Waals surface area contributed by atoms with Gasteiger partial charge in [0, 0.05) is 13.2 Å². The van der Waals surface area contributed by atoms with Crippen LogP contribution < -0.4 is 0 Å².